The standard InChI is InChI=1S/C26H22OP/c1-27-21-17-16-20-19-28(22-10-4-2-5-11-22,23-12-6-3-7-13-23)26-15-9-8-14-24(26)25(20)18-21/h2-18H,19H2,1H3/q+1. The molecule has 0 radical (unpaired) electrons. The van der Waals surface area contributed by atoms with Crippen molar-refractivity contribution in [3.05, 3.63) is 109 Å². The Morgan fingerprint density at radius 2 is 1.25 bits per heavy atom. The molecule has 0 unspecified atom stereocenters. The Balaban J connectivity index is 1.86. The molecule has 0 bridgehead atoms. The van der Waals surface area contributed by atoms with Crippen molar-refractivity contribution in [3.63, 3.8) is 0 Å². The van der Waals surface area contributed by atoms with Crippen molar-refractivity contribution < 1.29 is 4.74 Å². The number of methoxy groups -OCH3 is 1. The van der Waals surface area contributed by atoms with Crippen LogP contribution in [0, 0.1) is 0 Å². The smallest absolute Gasteiger partial charge is 0.119 e. The number of ether oxygens (including phenoxy) is 1. The van der Waals surface area contributed by atoms with E-state index in [2.05, 4.69) is 103 Å². The van der Waals surface area contributed by atoms with Crippen molar-refractivity contribution in [1.29, 1.82) is 0 Å². The second kappa shape index (κ2) is 6.93. The van der Waals surface area contributed by atoms with Gasteiger partial charge in [0.1, 0.15) is 28.9 Å². The number of benzene rings is 4. The SMILES string of the molecule is COc1ccc2c(c1)-c1ccccc1[P+](c1ccccc1)(c1ccccc1)C2. The van der Waals surface area contributed by atoms with Crippen LogP contribution in [0.1, 0.15) is 5.56 Å². The van der Waals surface area contributed by atoms with E-state index in [1.807, 2.05) is 0 Å². The molecule has 1 heterocycles. The van der Waals surface area contributed by atoms with Gasteiger partial charge in [-0.3, -0.25) is 0 Å². The van der Waals surface area contributed by atoms with Gasteiger partial charge in [-0.05, 0) is 53.6 Å². The Bertz CT molecular complexity index is 1080. The summed E-state index contributed by atoms with van der Waals surface area (Å²) in [5.74, 6) is 0.916. The molecule has 0 atom stereocenters. The van der Waals surface area contributed by atoms with Gasteiger partial charge >= 0.3 is 0 Å². The molecule has 2 heteroatoms. The summed E-state index contributed by atoms with van der Waals surface area (Å²) in [4.78, 5) is 0. The fourth-order valence-corrected chi connectivity index (χ4v) is 8.91. The highest BCUT2D eigenvalue weighted by atomic mass is 31.2. The third kappa shape index (κ3) is 2.58. The molecule has 0 saturated carbocycles. The van der Waals surface area contributed by atoms with E-state index in [9.17, 15) is 0 Å². The van der Waals surface area contributed by atoms with Gasteiger partial charge < -0.3 is 4.74 Å². The first-order chi connectivity index (χ1) is 13.8. The van der Waals surface area contributed by atoms with E-state index < -0.39 is 7.26 Å². The minimum Gasteiger partial charge on any atom is -0.497 e. The van der Waals surface area contributed by atoms with E-state index in [1.165, 1.54) is 32.6 Å². The molecule has 0 spiro atoms. The Labute approximate surface area is 167 Å². The largest absolute Gasteiger partial charge is 0.497 e. The van der Waals surface area contributed by atoms with E-state index in [-0.39, 0.29) is 0 Å². The van der Waals surface area contributed by atoms with Gasteiger partial charge in [0.05, 0.1) is 13.3 Å². The van der Waals surface area contributed by atoms with Crippen molar-refractivity contribution in [2.24, 2.45) is 0 Å². The first-order valence-corrected chi connectivity index (χ1v) is 11.6. The summed E-state index contributed by atoms with van der Waals surface area (Å²) in [6.07, 6.45) is 1.04. The van der Waals surface area contributed by atoms with Gasteiger partial charge in [0.15, 0.2) is 0 Å². The van der Waals surface area contributed by atoms with Crippen LogP contribution >= 0.6 is 7.26 Å². The lowest BCUT2D eigenvalue weighted by Gasteiger charge is -2.33. The molecule has 0 aromatic heterocycles. The predicted octanol–water partition coefficient (Wildman–Crippen LogP) is 5.17. The highest BCUT2D eigenvalue weighted by Crippen LogP contribution is 2.63. The average Bonchev–Trinajstić information content (AvgIpc) is 2.79. The Morgan fingerprint density at radius 3 is 1.89 bits per heavy atom. The van der Waals surface area contributed by atoms with Crippen LogP contribution in [0.25, 0.3) is 11.1 Å². The molecule has 0 fully saturated rings. The zero-order valence-electron chi connectivity index (χ0n) is 15.9. The van der Waals surface area contributed by atoms with Crippen molar-refractivity contribution in [2.75, 3.05) is 7.11 Å². The molecule has 0 aliphatic carbocycles. The topological polar surface area (TPSA) is 9.23 Å². The zero-order chi connectivity index (χ0) is 19.0. The van der Waals surface area contributed by atoms with E-state index >= 15 is 0 Å². The maximum atomic E-state index is 5.53. The van der Waals surface area contributed by atoms with E-state index in [4.69, 9.17) is 4.74 Å². The van der Waals surface area contributed by atoms with Gasteiger partial charge in [0.2, 0.25) is 0 Å². The Morgan fingerprint density at radius 1 is 0.643 bits per heavy atom. The van der Waals surface area contributed by atoms with Gasteiger partial charge in [-0.1, -0.05) is 60.7 Å². The zero-order valence-corrected chi connectivity index (χ0v) is 16.8. The third-order valence-electron chi connectivity index (χ3n) is 5.72. The summed E-state index contributed by atoms with van der Waals surface area (Å²) in [6, 6.07) is 37.6. The molecule has 1 nitrogen and oxygen atoms in total. The van der Waals surface area contributed by atoms with Crippen molar-refractivity contribution in [1.82, 2.24) is 0 Å². The van der Waals surface area contributed by atoms with E-state index in [1.54, 1.807) is 7.11 Å². The maximum Gasteiger partial charge on any atom is 0.119 e. The van der Waals surface area contributed by atoms with E-state index in [0.717, 1.165) is 11.9 Å². The van der Waals surface area contributed by atoms with Crippen LogP contribution in [0.5, 0.6) is 5.75 Å². The summed E-state index contributed by atoms with van der Waals surface area (Å²) < 4.78 is 5.53. The Hall–Kier alpha value is -2.89. The number of hydrogen-bond donors (Lipinski definition) is 0. The summed E-state index contributed by atoms with van der Waals surface area (Å²) in [5, 5.41) is 4.35. The van der Waals surface area contributed by atoms with Gasteiger partial charge in [-0.2, -0.15) is 0 Å². The molecule has 5 rings (SSSR count). The molecule has 0 saturated heterocycles. The lowest BCUT2D eigenvalue weighted by Crippen LogP contribution is -2.35. The summed E-state index contributed by atoms with van der Waals surface area (Å²) in [5.41, 5.74) is 4.04. The Kier molecular flexibility index (Phi) is 4.26. The summed E-state index contributed by atoms with van der Waals surface area (Å²) >= 11 is 0. The quantitative estimate of drug-likeness (QED) is 0.445. The van der Waals surface area contributed by atoms with Gasteiger partial charge in [-0.15, -0.1) is 0 Å². The molecule has 1 aliphatic heterocycles. The van der Waals surface area contributed by atoms with Crippen LogP contribution in [-0.2, 0) is 6.16 Å². The number of rotatable bonds is 3. The van der Waals surface area contributed by atoms with Gasteiger partial charge in [-0.25, -0.2) is 0 Å². The van der Waals surface area contributed by atoms with Crippen LogP contribution in [0.15, 0.2) is 103 Å². The van der Waals surface area contributed by atoms with Crippen molar-refractivity contribution in [2.45, 2.75) is 6.16 Å². The van der Waals surface area contributed by atoms with Crippen molar-refractivity contribution in [3.8, 4) is 16.9 Å². The first kappa shape index (κ1) is 17.2. The second-order valence-electron chi connectivity index (χ2n) is 7.18. The molecular formula is C26H22OP+. The summed E-state index contributed by atoms with van der Waals surface area (Å²) in [7, 11) is -0.0439. The monoisotopic (exact) mass is 381 g/mol. The highest BCUT2D eigenvalue weighted by molar-refractivity contribution is 7.95. The average molecular weight is 381 g/mol. The normalized spacial score (nSPS) is 14.0. The van der Waals surface area contributed by atoms with Crippen molar-refractivity contribution >= 4 is 23.2 Å². The number of hydrogen-bond acceptors (Lipinski definition) is 1. The molecule has 136 valence electrons. The van der Waals surface area contributed by atoms with Crippen LogP contribution in [0.2, 0.25) is 0 Å². The van der Waals surface area contributed by atoms with Crippen LogP contribution < -0.4 is 20.7 Å². The fraction of sp³-hybridized carbons (Fsp3) is 0.0769. The lowest BCUT2D eigenvalue weighted by molar-refractivity contribution is 0.415. The van der Waals surface area contributed by atoms with Gasteiger partial charge in [0, 0.05) is 5.56 Å². The first-order valence-electron chi connectivity index (χ1n) is 9.59. The third-order valence-corrected chi connectivity index (χ3v) is 10.1. The van der Waals surface area contributed by atoms with Crippen LogP contribution in [0.4, 0.5) is 0 Å². The van der Waals surface area contributed by atoms with Gasteiger partial charge in [0.25, 0.3) is 0 Å². The molecule has 0 amide bonds. The molecular weight excluding hydrogens is 359 g/mol. The van der Waals surface area contributed by atoms with E-state index in [0.29, 0.717) is 0 Å². The molecule has 28 heavy (non-hydrogen) atoms. The summed E-state index contributed by atoms with van der Waals surface area (Å²) in [6.45, 7) is 0. The molecule has 4 aromatic rings. The molecule has 1 aliphatic rings. The molecule has 4 aromatic carbocycles. The minimum absolute atomic E-state index is 0.916. The predicted molar refractivity (Wildman–Crippen MR) is 121 cm³/mol. The molecule has 0 N–H and O–H groups in total. The maximum absolute atomic E-state index is 5.53. The second-order valence-corrected chi connectivity index (χ2v) is 10.6. The van der Waals surface area contributed by atoms with Crippen LogP contribution in [-0.4, -0.2) is 7.11 Å². The van der Waals surface area contributed by atoms with Crippen LogP contribution in [0.3, 0.4) is 0 Å². The highest BCUT2D eigenvalue weighted by Gasteiger charge is 2.49. The number of fused-ring (bicyclic) bond motifs is 3. The lowest BCUT2D eigenvalue weighted by atomic mass is 9.99. The fourth-order valence-electron chi connectivity index (χ4n) is 4.42. The minimum atomic E-state index is -1.78.